The maximum atomic E-state index is 13.1. The Hall–Kier alpha value is -15.7. The van der Waals surface area contributed by atoms with Crippen LogP contribution < -0.4 is 21.2 Å². The van der Waals surface area contributed by atoms with Gasteiger partial charge in [0.25, 0.3) is 0 Å². The van der Waals surface area contributed by atoms with Crippen molar-refractivity contribution < 1.29 is 9.59 Å². The Morgan fingerprint density at radius 2 is 0.659 bits per heavy atom. The number of hydrogen-bond donors (Lipinski definition) is 0. The molecule has 135 heavy (non-hydrogen) atoms. The number of nitrogens with zero attached hydrogens (tertiary/aromatic N) is 23. The number of anilines is 2. The van der Waals surface area contributed by atoms with Crippen LogP contribution in [-0.2, 0) is 76.8 Å². The second-order valence-corrected chi connectivity index (χ2v) is 36.4. The van der Waals surface area contributed by atoms with Crippen molar-refractivity contribution in [2.75, 3.05) is 9.80 Å². The summed E-state index contributed by atoms with van der Waals surface area (Å²) in [5.41, 5.74) is 24.1. The first-order valence-corrected chi connectivity index (χ1v) is 45.9. The lowest BCUT2D eigenvalue weighted by molar-refractivity contribution is -0.118. The highest BCUT2D eigenvalue weighted by Gasteiger charge is 2.33. The van der Waals surface area contributed by atoms with Gasteiger partial charge in [0.1, 0.15) is 34.8 Å². The van der Waals surface area contributed by atoms with E-state index in [1.165, 1.54) is 22.3 Å². The molecule has 0 N–H and O–H groups in total. The molecule has 682 valence electrons. The molecule has 0 unspecified atom stereocenters. The molecule has 0 saturated carbocycles. The Kier molecular flexibility index (Phi) is 26.4. The van der Waals surface area contributed by atoms with Crippen LogP contribution in [0.1, 0.15) is 180 Å². The molecule has 0 bridgehead atoms. The fourth-order valence-corrected chi connectivity index (χ4v) is 17.1. The SMILES string of the molecule is CC(C)c1ccccc1-c1ncc2c(n1)N(Cc1ccc(-c3cn(C(C)C)cn3)cc1)C(=O)C2.CC(C)c1ccccc1-c1ncc2c(n1)N(Cc1ccc(-c3ncn(C)n3)cc1)C(=O)C2.CC(C)c1ccccc1-c1ncc2c(n1)n(Cc1ccc(-c3cn(C(C)C)cn3)cc1)c(=O)n2C.Cc1nc(-c2ccc(Cn3c(=O)n(C)c4cnc(-c5ccccc5C(C)C)nc43)cc2)cn1C. The van der Waals surface area contributed by atoms with E-state index >= 15 is 0 Å². The molecular formula is C108H111N23O4. The van der Waals surface area contributed by atoms with Crippen LogP contribution in [0.5, 0.6) is 0 Å². The van der Waals surface area contributed by atoms with Gasteiger partial charge >= 0.3 is 11.4 Å². The minimum Gasteiger partial charge on any atom is -0.338 e. The number of benzene rings is 8. The highest BCUT2D eigenvalue weighted by atomic mass is 16.2. The van der Waals surface area contributed by atoms with Crippen molar-refractivity contribution >= 4 is 45.8 Å². The Labute approximate surface area is 784 Å². The van der Waals surface area contributed by atoms with Crippen molar-refractivity contribution in [1.29, 1.82) is 0 Å². The summed E-state index contributed by atoms with van der Waals surface area (Å²) in [6.07, 6.45) is 19.3. The predicted octanol–water partition coefficient (Wildman–Crippen LogP) is 20.0. The van der Waals surface area contributed by atoms with Crippen LogP contribution in [0.4, 0.5) is 11.6 Å². The van der Waals surface area contributed by atoms with E-state index in [9.17, 15) is 19.2 Å². The van der Waals surface area contributed by atoms with E-state index in [2.05, 4.69) is 216 Å². The summed E-state index contributed by atoms with van der Waals surface area (Å²) in [6, 6.07) is 66.1. The monoisotopic (exact) mass is 1790 g/mol. The second-order valence-electron chi connectivity index (χ2n) is 36.4. The molecule has 0 saturated heterocycles. The fourth-order valence-electron chi connectivity index (χ4n) is 17.1. The molecule has 10 aromatic heterocycles. The summed E-state index contributed by atoms with van der Waals surface area (Å²) >= 11 is 0. The van der Waals surface area contributed by atoms with Crippen LogP contribution in [0, 0.1) is 6.92 Å². The number of fused-ring (bicyclic) bond motifs is 4. The average Bonchev–Trinajstić information content (AvgIpc) is 1.61. The molecule has 2 amide bonds. The lowest BCUT2D eigenvalue weighted by Gasteiger charge is -2.18. The van der Waals surface area contributed by atoms with Gasteiger partial charge in [0.15, 0.2) is 40.4 Å². The van der Waals surface area contributed by atoms with Gasteiger partial charge in [0.2, 0.25) is 11.8 Å². The number of hydrogen-bond acceptors (Lipinski definition) is 17. The zero-order chi connectivity index (χ0) is 94.7. The first-order chi connectivity index (χ1) is 65.1. The first kappa shape index (κ1) is 91.2. The molecule has 18 aromatic rings. The molecule has 2 aliphatic heterocycles. The van der Waals surface area contributed by atoms with Crippen molar-refractivity contribution in [3.05, 3.63) is 339 Å². The van der Waals surface area contributed by atoms with Crippen molar-refractivity contribution in [1.82, 2.24) is 102 Å². The molecule has 0 spiro atoms. The molecule has 2 aliphatic rings. The van der Waals surface area contributed by atoms with Gasteiger partial charge in [-0.05, 0) is 103 Å². The van der Waals surface area contributed by atoms with E-state index in [0.29, 0.717) is 127 Å². The first-order valence-electron chi connectivity index (χ1n) is 45.9. The van der Waals surface area contributed by atoms with Gasteiger partial charge < -0.3 is 13.7 Å². The molecular weight excluding hydrogens is 1680 g/mol. The summed E-state index contributed by atoms with van der Waals surface area (Å²) in [5, 5.41) is 4.34. The molecule has 20 rings (SSSR count). The van der Waals surface area contributed by atoms with E-state index in [-0.39, 0.29) is 23.2 Å². The number of imidazole rings is 5. The van der Waals surface area contributed by atoms with Gasteiger partial charge in [-0.2, -0.15) is 5.10 Å². The van der Waals surface area contributed by atoms with Crippen molar-refractivity contribution in [2.24, 2.45) is 28.2 Å². The van der Waals surface area contributed by atoms with Crippen LogP contribution in [0.15, 0.2) is 266 Å². The number of carbonyl (C=O) groups excluding carboxylic acids is 2. The van der Waals surface area contributed by atoms with Gasteiger partial charge in [-0.1, -0.05) is 250 Å². The minimum atomic E-state index is -0.108. The smallest absolute Gasteiger partial charge is 0.330 e. The minimum absolute atomic E-state index is 0.0408. The molecule has 27 heteroatoms. The Morgan fingerprint density at radius 1 is 0.326 bits per heavy atom. The highest BCUT2D eigenvalue weighted by Crippen LogP contribution is 2.38. The van der Waals surface area contributed by atoms with Gasteiger partial charge in [0, 0.05) is 127 Å². The molecule has 27 nitrogen and oxygen atoms in total. The zero-order valence-electron chi connectivity index (χ0n) is 79.4. The quantitative estimate of drug-likeness (QED) is 0.0609. The average molecular weight is 1800 g/mol. The van der Waals surface area contributed by atoms with Gasteiger partial charge in [-0.15, -0.1) is 0 Å². The molecule has 0 aliphatic carbocycles. The lowest BCUT2D eigenvalue weighted by Crippen LogP contribution is -2.26. The van der Waals surface area contributed by atoms with E-state index in [1.54, 1.807) is 78.0 Å². The highest BCUT2D eigenvalue weighted by molar-refractivity contribution is 6.01. The van der Waals surface area contributed by atoms with Crippen molar-refractivity contribution in [3.8, 4) is 90.7 Å². The second kappa shape index (κ2) is 39.0. The van der Waals surface area contributed by atoms with Crippen LogP contribution in [0.2, 0.25) is 0 Å². The van der Waals surface area contributed by atoms with E-state index < -0.39 is 0 Å². The normalized spacial score (nSPS) is 12.4. The maximum absolute atomic E-state index is 13.1. The summed E-state index contributed by atoms with van der Waals surface area (Å²) in [4.78, 5) is 111. The summed E-state index contributed by atoms with van der Waals surface area (Å²) < 4.78 is 14.5. The molecule has 0 fully saturated rings. The number of rotatable bonds is 22. The Morgan fingerprint density at radius 3 is 0.985 bits per heavy atom. The third-order valence-corrected chi connectivity index (χ3v) is 25.0. The fraction of sp³-hybridized carbons (Fsp3) is 0.269. The predicted molar refractivity (Wildman–Crippen MR) is 532 cm³/mol. The van der Waals surface area contributed by atoms with Crippen LogP contribution in [-0.4, -0.2) is 113 Å². The van der Waals surface area contributed by atoms with E-state index in [4.69, 9.17) is 19.9 Å². The number of aryl methyl sites for hydroxylation is 5. The summed E-state index contributed by atoms with van der Waals surface area (Å²) in [6.45, 7) is 29.6. The third kappa shape index (κ3) is 19.4. The van der Waals surface area contributed by atoms with Crippen LogP contribution >= 0.6 is 0 Å². The lowest BCUT2D eigenvalue weighted by atomic mass is 9.97. The number of amides is 2. The topological polar surface area (TPSA) is 282 Å². The van der Waals surface area contributed by atoms with Crippen molar-refractivity contribution in [3.63, 3.8) is 0 Å². The van der Waals surface area contributed by atoms with E-state index in [0.717, 1.165) is 112 Å². The standard InChI is InChI=1S/C28H30N6O.C28H29N5O.C27H28N6O.C25H24N6O/c1-18(2)22-8-6-7-9-23(22)26-29-14-25-27(31-26)34(28(35)32(25)5)15-20-10-12-21(13-11-20)24-16-33(17-30-24)19(3)4;1-18(2)23-7-5-6-8-24(23)27-29-14-22-13-26(34)33(28(22)31-27)15-20-9-11-21(12-10-20)25-16-32(17-30-25)19(3)4;1-17(2)21-8-6-7-9-22(21)25-28-14-24-26(30-25)33(27(34)32(24)5)15-19-10-12-20(13-11-19)23-16-31(4)18(3)29-23;1-16(2)20-6-4-5-7-21(20)24-26-13-19-12-22(32)31(25(19)28-24)14-17-8-10-18(11-9-17)23-27-15-30(3)29-23/h6-14,16-19H,15H2,1-5H3;5-12,14,16-19H,13,15H2,1-4H3;6-14,16-17H,15H2,1-5H3;4-11,13,15-16H,12,14H2,1-3H3. The molecule has 0 atom stereocenters. The van der Waals surface area contributed by atoms with Gasteiger partial charge in [-0.3, -0.25) is 42.3 Å². The summed E-state index contributed by atoms with van der Waals surface area (Å²) in [7, 11) is 7.36. The van der Waals surface area contributed by atoms with E-state index in [1.807, 2.05) is 172 Å². The number of carbonyl (C=O) groups is 2. The largest absolute Gasteiger partial charge is 0.338 e. The Bertz CT molecular complexity index is 7480. The van der Waals surface area contributed by atoms with Crippen LogP contribution in [0.25, 0.3) is 113 Å². The zero-order valence-corrected chi connectivity index (χ0v) is 79.4. The molecule has 0 radical (unpaired) electrons. The maximum Gasteiger partial charge on any atom is 0.330 e. The molecule has 8 aromatic carbocycles. The van der Waals surface area contributed by atoms with Crippen LogP contribution in [0.3, 0.4) is 0 Å². The van der Waals surface area contributed by atoms with Crippen molar-refractivity contribution in [2.45, 2.75) is 165 Å². The van der Waals surface area contributed by atoms with Gasteiger partial charge in [0.05, 0.1) is 81.2 Å². The Balaban J connectivity index is 0.000000125. The third-order valence-electron chi connectivity index (χ3n) is 25.0. The van der Waals surface area contributed by atoms with Gasteiger partial charge in [-0.25, -0.2) is 69.4 Å². The molecule has 12 heterocycles. The summed E-state index contributed by atoms with van der Waals surface area (Å²) in [5.74, 6) is 7.16. The number of aromatic nitrogens is 21.